The van der Waals surface area contributed by atoms with Crippen LogP contribution in [0.25, 0.3) is 0 Å². The van der Waals surface area contributed by atoms with E-state index in [1.54, 1.807) is 7.05 Å². The third kappa shape index (κ3) is 7.70. The standard InChI is InChI=1S/C11H27N3O2S/c1-10(2)9-11(3)13-17(15,16)14(5)8-6-7-12-4/h10-13H,6-9H2,1-5H3. The Morgan fingerprint density at radius 2 is 1.82 bits per heavy atom. The van der Waals surface area contributed by atoms with Gasteiger partial charge in [-0.05, 0) is 39.3 Å². The van der Waals surface area contributed by atoms with Crippen molar-refractivity contribution >= 4 is 10.2 Å². The molecule has 0 fully saturated rings. The zero-order valence-corrected chi connectivity index (χ0v) is 12.5. The molecule has 0 spiro atoms. The van der Waals surface area contributed by atoms with E-state index in [1.165, 1.54) is 4.31 Å². The lowest BCUT2D eigenvalue weighted by Gasteiger charge is -2.22. The van der Waals surface area contributed by atoms with Gasteiger partial charge in [0, 0.05) is 19.6 Å². The summed E-state index contributed by atoms with van der Waals surface area (Å²) in [6.07, 6.45) is 1.66. The highest BCUT2D eigenvalue weighted by atomic mass is 32.2. The SMILES string of the molecule is CNCCCN(C)S(=O)(=O)NC(C)CC(C)C. The minimum atomic E-state index is -3.33. The molecule has 0 radical (unpaired) electrons. The van der Waals surface area contributed by atoms with Crippen LogP contribution in [0.1, 0.15) is 33.6 Å². The third-order valence-corrected chi connectivity index (χ3v) is 4.19. The van der Waals surface area contributed by atoms with Crippen LogP contribution in [0.5, 0.6) is 0 Å². The van der Waals surface area contributed by atoms with Crippen LogP contribution in [0.3, 0.4) is 0 Å². The summed E-state index contributed by atoms with van der Waals surface area (Å²) in [5.41, 5.74) is 0. The first-order valence-electron chi connectivity index (χ1n) is 6.17. The van der Waals surface area contributed by atoms with Crippen LogP contribution in [0.4, 0.5) is 0 Å². The summed E-state index contributed by atoms with van der Waals surface area (Å²) >= 11 is 0. The molecule has 0 aliphatic heterocycles. The van der Waals surface area contributed by atoms with Gasteiger partial charge in [-0.1, -0.05) is 13.8 Å². The van der Waals surface area contributed by atoms with E-state index in [2.05, 4.69) is 23.9 Å². The maximum Gasteiger partial charge on any atom is 0.279 e. The summed E-state index contributed by atoms with van der Waals surface area (Å²) in [7, 11) is 0.140. The Kier molecular flexibility index (Phi) is 7.94. The summed E-state index contributed by atoms with van der Waals surface area (Å²) in [6, 6.07) is -0.0215. The Labute approximate surface area is 106 Å². The highest BCUT2D eigenvalue weighted by Crippen LogP contribution is 2.06. The van der Waals surface area contributed by atoms with Crippen molar-refractivity contribution in [1.29, 1.82) is 0 Å². The molecule has 0 aromatic rings. The molecule has 6 heteroatoms. The van der Waals surface area contributed by atoms with Crippen LogP contribution in [-0.4, -0.2) is 45.9 Å². The quantitative estimate of drug-likeness (QED) is 0.606. The Morgan fingerprint density at radius 3 is 2.29 bits per heavy atom. The Balaban J connectivity index is 4.17. The number of rotatable bonds is 9. The molecule has 17 heavy (non-hydrogen) atoms. The van der Waals surface area contributed by atoms with Crippen molar-refractivity contribution < 1.29 is 8.42 Å². The fraction of sp³-hybridized carbons (Fsp3) is 1.00. The van der Waals surface area contributed by atoms with Crippen LogP contribution in [0.15, 0.2) is 0 Å². The van der Waals surface area contributed by atoms with Gasteiger partial charge < -0.3 is 5.32 Å². The molecule has 0 aromatic carbocycles. The minimum Gasteiger partial charge on any atom is -0.320 e. The predicted molar refractivity (Wildman–Crippen MR) is 72.1 cm³/mol. The van der Waals surface area contributed by atoms with Crippen molar-refractivity contribution in [3.63, 3.8) is 0 Å². The van der Waals surface area contributed by atoms with Gasteiger partial charge in [0.15, 0.2) is 0 Å². The molecule has 0 bridgehead atoms. The molecular weight excluding hydrogens is 238 g/mol. The topological polar surface area (TPSA) is 61.4 Å². The lowest BCUT2D eigenvalue weighted by Crippen LogP contribution is -2.43. The average Bonchev–Trinajstić information content (AvgIpc) is 2.15. The Hall–Kier alpha value is -0.170. The van der Waals surface area contributed by atoms with E-state index < -0.39 is 10.2 Å². The van der Waals surface area contributed by atoms with Gasteiger partial charge in [-0.3, -0.25) is 0 Å². The molecule has 0 heterocycles. The van der Waals surface area contributed by atoms with Crippen molar-refractivity contribution in [2.75, 3.05) is 27.2 Å². The lowest BCUT2D eigenvalue weighted by molar-refractivity contribution is 0.425. The maximum absolute atomic E-state index is 11.9. The van der Waals surface area contributed by atoms with Crippen LogP contribution in [-0.2, 0) is 10.2 Å². The van der Waals surface area contributed by atoms with Crippen molar-refractivity contribution in [3.8, 4) is 0 Å². The number of hydrogen-bond acceptors (Lipinski definition) is 3. The summed E-state index contributed by atoms with van der Waals surface area (Å²) in [6.45, 7) is 7.42. The second-order valence-electron chi connectivity index (χ2n) is 4.93. The van der Waals surface area contributed by atoms with Gasteiger partial charge >= 0.3 is 0 Å². The highest BCUT2D eigenvalue weighted by molar-refractivity contribution is 7.87. The fourth-order valence-corrected chi connectivity index (χ4v) is 2.85. The van der Waals surface area contributed by atoms with Gasteiger partial charge in [-0.25, -0.2) is 0 Å². The molecule has 0 aromatic heterocycles. The molecule has 0 saturated carbocycles. The molecule has 0 aliphatic carbocycles. The fourth-order valence-electron chi connectivity index (χ4n) is 1.70. The number of nitrogens with one attached hydrogen (secondary N) is 2. The average molecular weight is 265 g/mol. The zero-order valence-electron chi connectivity index (χ0n) is 11.7. The second-order valence-corrected chi connectivity index (χ2v) is 6.74. The summed E-state index contributed by atoms with van der Waals surface area (Å²) in [5.74, 6) is 0.488. The lowest BCUT2D eigenvalue weighted by atomic mass is 10.1. The van der Waals surface area contributed by atoms with Crippen molar-refractivity contribution in [2.45, 2.75) is 39.7 Å². The Bertz CT molecular complexity index is 291. The van der Waals surface area contributed by atoms with Crippen LogP contribution in [0.2, 0.25) is 0 Å². The van der Waals surface area contributed by atoms with Gasteiger partial charge in [0.25, 0.3) is 10.2 Å². The summed E-state index contributed by atoms with van der Waals surface area (Å²) < 4.78 is 27.9. The normalized spacial score (nSPS) is 14.5. The molecule has 5 nitrogen and oxygen atoms in total. The van der Waals surface area contributed by atoms with Gasteiger partial charge in [0.1, 0.15) is 0 Å². The van der Waals surface area contributed by atoms with Crippen LogP contribution in [0, 0.1) is 5.92 Å². The van der Waals surface area contributed by atoms with E-state index >= 15 is 0 Å². The second kappa shape index (κ2) is 8.02. The Morgan fingerprint density at radius 1 is 1.24 bits per heavy atom. The molecule has 0 amide bonds. The van der Waals surface area contributed by atoms with Gasteiger partial charge in [0.05, 0.1) is 0 Å². The van der Waals surface area contributed by atoms with Gasteiger partial charge in [-0.2, -0.15) is 17.4 Å². The molecule has 1 unspecified atom stereocenters. The van der Waals surface area contributed by atoms with Gasteiger partial charge in [0.2, 0.25) is 0 Å². The first-order chi connectivity index (χ1) is 7.79. The third-order valence-electron chi connectivity index (χ3n) is 2.49. The molecule has 104 valence electrons. The maximum atomic E-state index is 11.9. The summed E-state index contributed by atoms with van der Waals surface area (Å²) in [4.78, 5) is 0. The zero-order chi connectivity index (χ0) is 13.5. The van der Waals surface area contributed by atoms with Crippen LogP contribution < -0.4 is 10.0 Å². The van der Waals surface area contributed by atoms with E-state index in [0.717, 1.165) is 19.4 Å². The van der Waals surface area contributed by atoms with Crippen molar-refractivity contribution in [1.82, 2.24) is 14.3 Å². The molecule has 1 atom stereocenters. The van der Waals surface area contributed by atoms with E-state index in [1.807, 2.05) is 14.0 Å². The largest absolute Gasteiger partial charge is 0.320 e. The monoisotopic (exact) mass is 265 g/mol. The number of nitrogens with zero attached hydrogens (tertiary/aromatic N) is 1. The first kappa shape index (κ1) is 16.8. The summed E-state index contributed by atoms with van der Waals surface area (Å²) in [5, 5.41) is 3.00. The highest BCUT2D eigenvalue weighted by Gasteiger charge is 2.19. The van der Waals surface area contributed by atoms with E-state index in [4.69, 9.17) is 0 Å². The van der Waals surface area contributed by atoms with E-state index in [9.17, 15) is 8.42 Å². The van der Waals surface area contributed by atoms with E-state index in [0.29, 0.717) is 12.5 Å². The molecular formula is C11H27N3O2S. The van der Waals surface area contributed by atoms with Crippen molar-refractivity contribution in [2.24, 2.45) is 5.92 Å². The number of hydrogen-bond donors (Lipinski definition) is 2. The van der Waals surface area contributed by atoms with Crippen LogP contribution >= 0.6 is 0 Å². The smallest absolute Gasteiger partial charge is 0.279 e. The van der Waals surface area contributed by atoms with Crippen molar-refractivity contribution in [3.05, 3.63) is 0 Å². The molecule has 0 saturated heterocycles. The molecule has 2 N–H and O–H groups in total. The molecule has 0 rings (SSSR count). The van der Waals surface area contributed by atoms with E-state index in [-0.39, 0.29) is 6.04 Å². The predicted octanol–water partition coefficient (Wildman–Crippen LogP) is 0.797. The minimum absolute atomic E-state index is 0.0215. The van der Waals surface area contributed by atoms with Gasteiger partial charge in [-0.15, -0.1) is 0 Å². The molecule has 0 aliphatic rings. The first-order valence-corrected chi connectivity index (χ1v) is 7.61.